The zero-order valence-electron chi connectivity index (χ0n) is 10.1. The molecule has 3 heteroatoms. The lowest BCUT2D eigenvalue weighted by molar-refractivity contribution is 0.472. The number of aromatic nitrogens is 2. The Hall–Kier alpha value is -0.830. The van der Waals surface area contributed by atoms with E-state index in [2.05, 4.69) is 25.9 Å². The molecular formula is C12H23N3. The average Bonchev–Trinajstić information content (AvgIpc) is 2.63. The Morgan fingerprint density at radius 2 is 2.13 bits per heavy atom. The SMILES string of the molecule is CCCn1nccc1C(N)CCC(C)C. The summed E-state index contributed by atoms with van der Waals surface area (Å²) in [6.45, 7) is 7.59. The van der Waals surface area contributed by atoms with Crippen LogP contribution in [-0.4, -0.2) is 9.78 Å². The highest BCUT2D eigenvalue weighted by Gasteiger charge is 2.11. The van der Waals surface area contributed by atoms with Gasteiger partial charge in [0.25, 0.3) is 0 Å². The van der Waals surface area contributed by atoms with Crippen LogP contribution in [0.4, 0.5) is 0 Å². The minimum atomic E-state index is 0.140. The molecule has 0 saturated carbocycles. The first kappa shape index (κ1) is 12.2. The number of aryl methyl sites for hydroxylation is 1. The molecular weight excluding hydrogens is 186 g/mol. The molecule has 2 N–H and O–H groups in total. The van der Waals surface area contributed by atoms with Crippen molar-refractivity contribution in [3.8, 4) is 0 Å². The van der Waals surface area contributed by atoms with Crippen molar-refractivity contribution < 1.29 is 0 Å². The first-order valence-corrected chi connectivity index (χ1v) is 5.92. The standard InChI is InChI=1S/C12H23N3/c1-4-9-15-12(7-8-14-15)11(13)6-5-10(2)3/h7-8,10-11H,4-6,9,13H2,1-3H3. The first-order valence-electron chi connectivity index (χ1n) is 5.92. The van der Waals surface area contributed by atoms with Crippen molar-refractivity contribution in [2.75, 3.05) is 0 Å². The molecule has 1 aromatic rings. The zero-order chi connectivity index (χ0) is 11.3. The monoisotopic (exact) mass is 209 g/mol. The van der Waals surface area contributed by atoms with E-state index in [4.69, 9.17) is 5.73 Å². The highest BCUT2D eigenvalue weighted by molar-refractivity contribution is 5.06. The molecule has 86 valence electrons. The van der Waals surface area contributed by atoms with Crippen molar-refractivity contribution >= 4 is 0 Å². The van der Waals surface area contributed by atoms with Crippen LogP contribution in [0.15, 0.2) is 12.3 Å². The van der Waals surface area contributed by atoms with E-state index >= 15 is 0 Å². The average molecular weight is 209 g/mol. The van der Waals surface area contributed by atoms with Gasteiger partial charge in [0.15, 0.2) is 0 Å². The number of hydrogen-bond donors (Lipinski definition) is 1. The summed E-state index contributed by atoms with van der Waals surface area (Å²) in [5.74, 6) is 0.721. The highest BCUT2D eigenvalue weighted by Crippen LogP contribution is 2.18. The molecule has 0 saturated heterocycles. The summed E-state index contributed by atoms with van der Waals surface area (Å²) in [6.07, 6.45) is 5.18. The third-order valence-corrected chi connectivity index (χ3v) is 2.62. The smallest absolute Gasteiger partial charge is 0.0551 e. The second-order valence-electron chi connectivity index (χ2n) is 4.56. The van der Waals surface area contributed by atoms with Gasteiger partial charge in [0.1, 0.15) is 0 Å². The van der Waals surface area contributed by atoms with Gasteiger partial charge in [-0.25, -0.2) is 0 Å². The van der Waals surface area contributed by atoms with Gasteiger partial charge in [0.2, 0.25) is 0 Å². The summed E-state index contributed by atoms with van der Waals surface area (Å²) in [5.41, 5.74) is 7.34. The van der Waals surface area contributed by atoms with Crippen LogP contribution in [0.25, 0.3) is 0 Å². The Labute approximate surface area is 92.7 Å². The fourth-order valence-electron chi connectivity index (χ4n) is 1.72. The maximum absolute atomic E-state index is 6.16. The molecule has 1 aromatic heterocycles. The van der Waals surface area contributed by atoms with Crippen LogP contribution < -0.4 is 5.73 Å². The van der Waals surface area contributed by atoms with Crippen LogP contribution in [0.2, 0.25) is 0 Å². The van der Waals surface area contributed by atoms with Gasteiger partial charge in [0.05, 0.1) is 5.69 Å². The Morgan fingerprint density at radius 3 is 2.73 bits per heavy atom. The summed E-state index contributed by atoms with van der Waals surface area (Å²) in [5, 5.41) is 4.29. The Morgan fingerprint density at radius 1 is 1.40 bits per heavy atom. The van der Waals surface area contributed by atoms with E-state index in [0.29, 0.717) is 0 Å². The van der Waals surface area contributed by atoms with E-state index in [1.165, 1.54) is 12.1 Å². The van der Waals surface area contributed by atoms with E-state index in [1.54, 1.807) is 0 Å². The number of rotatable bonds is 6. The van der Waals surface area contributed by atoms with Crippen LogP contribution >= 0.6 is 0 Å². The van der Waals surface area contributed by atoms with E-state index in [1.807, 2.05) is 16.9 Å². The van der Waals surface area contributed by atoms with Gasteiger partial charge in [-0.3, -0.25) is 4.68 Å². The summed E-state index contributed by atoms with van der Waals surface area (Å²) < 4.78 is 2.03. The summed E-state index contributed by atoms with van der Waals surface area (Å²) in [7, 11) is 0. The lowest BCUT2D eigenvalue weighted by atomic mass is 10.0. The number of nitrogens with two attached hydrogens (primary N) is 1. The summed E-state index contributed by atoms with van der Waals surface area (Å²) in [6, 6.07) is 2.18. The molecule has 15 heavy (non-hydrogen) atoms. The summed E-state index contributed by atoms with van der Waals surface area (Å²) >= 11 is 0. The van der Waals surface area contributed by atoms with Crippen LogP contribution in [-0.2, 0) is 6.54 Å². The molecule has 1 heterocycles. The van der Waals surface area contributed by atoms with Gasteiger partial charge in [-0.2, -0.15) is 5.10 Å². The van der Waals surface area contributed by atoms with Crippen molar-refractivity contribution in [2.24, 2.45) is 11.7 Å². The Bertz CT molecular complexity index is 278. The molecule has 0 spiro atoms. The van der Waals surface area contributed by atoms with Crippen LogP contribution in [0.3, 0.4) is 0 Å². The molecule has 1 atom stereocenters. The molecule has 0 aliphatic carbocycles. The minimum absolute atomic E-state index is 0.140. The molecule has 0 bridgehead atoms. The van der Waals surface area contributed by atoms with E-state index < -0.39 is 0 Å². The number of nitrogens with zero attached hydrogens (tertiary/aromatic N) is 2. The minimum Gasteiger partial charge on any atom is -0.323 e. The molecule has 0 amide bonds. The van der Waals surface area contributed by atoms with Crippen molar-refractivity contribution in [1.82, 2.24) is 9.78 Å². The molecule has 0 aromatic carbocycles. The molecule has 0 aliphatic heterocycles. The second-order valence-corrected chi connectivity index (χ2v) is 4.56. The van der Waals surface area contributed by atoms with Gasteiger partial charge in [-0.05, 0) is 31.2 Å². The lowest BCUT2D eigenvalue weighted by Crippen LogP contribution is -2.17. The van der Waals surface area contributed by atoms with E-state index in [-0.39, 0.29) is 6.04 Å². The maximum atomic E-state index is 6.16. The van der Waals surface area contributed by atoms with Crippen molar-refractivity contribution in [1.29, 1.82) is 0 Å². The normalized spacial score (nSPS) is 13.4. The van der Waals surface area contributed by atoms with E-state index in [9.17, 15) is 0 Å². The van der Waals surface area contributed by atoms with Gasteiger partial charge < -0.3 is 5.73 Å². The maximum Gasteiger partial charge on any atom is 0.0551 e. The van der Waals surface area contributed by atoms with Gasteiger partial charge in [-0.15, -0.1) is 0 Å². The zero-order valence-corrected chi connectivity index (χ0v) is 10.1. The summed E-state index contributed by atoms with van der Waals surface area (Å²) in [4.78, 5) is 0. The van der Waals surface area contributed by atoms with Crippen molar-refractivity contribution in [2.45, 2.75) is 52.6 Å². The van der Waals surface area contributed by atoms with E-state index in [0.717, 1.165) is 25.3 Å². The van der Waals surface area contributed by atoms with Crippen molar-refractivity contribution in [3.63, 3.8) is 0 Å². The quantitative estimate of drug-likeness (QED) is 0.783. The van der Waals surface area contributed by atoms with Crippen LogP contribution in [0.1, 0.15) is 51.8 Å². The second kappa shape index (κ2) is 5.91. The Balaban J connectivity index is 2.56. The third-order valence-electron chi connectivity index (χ3n) is 2.62. The molecule has 1 rings (SSSR count). The Kier molecular flexibility index (Phi) is 4.82. The molecule has 0 radical (unpaired) electrons. The van der Waals surface area contributed by atoms with Gasteiger partial charge in [-0.1, -0.05) is 20.8 Å². The topological polar surface area (TPSA) is 43.8 Å². The first-order chi connectivity index (χ1) is 7.15. The molecule has 0 fully saturated rings. The fourth-order valence-corrected chi connectivity index (χ4v) is 1.72. The largest absolute Gasteiger partial charge is 0.323 e. The fraction of sp³-hybridized carbons (Fsp3) is 0.750. The lowest BCUT2D eigenvalue weighted by Gasteiger charge is -2.14. The molecule has 3 nitrogen and oxygen atoms in total. The highest BCUT2D eigenvalue weighted by atomic mass is 15.3. The predicted octanol–water partition coefficient (Wildman–Crippen LogP) is 2.73. The van der Waals surface area contributed by atoms with Crippen LogP contribution in [0.5, 0.6) is 0 Å². The van der Waals surface area contributed by atoms with Gasteiger partial charge >= 0.3 is 0 Å². The van der Waals surface area contributed by atoms with Crippen LogP contribution in [0, 0.1) is 5.92 Å². The van der Waals surface area contributed by atoms with Crippen molar-refractivity contribution in [3.05, 3.63) is 18.0 Å². The molecule has 1 unspecified atom stereocenters. The number of hydrogen-bond acceptors (Lipinski definition) is 2. The third kappa shape index (κ3) is 3.67. The van der Waals surface area contributed by atoms with Gasteiger partial charge in [0, 0.05) is 18.8 Å². The molecule has 0 aliphatic rings. The predicted molar refractivity (Wildman–Crippen MR) is 63.5 cm³/mol.